The van der Waals surface area contributed by atoms with E-state index in [0.29, 0.717) is 5.56 Å². The molecule has 1 aliphatic carbocycles. The first kappa shape index (κ1) is 15.0. The van der Waals surface area contributed by atoms with Crippen molar-refractivity contribution in [3.05, 3.63) is 35.4 Å². The van der Waals surface area contributed by atoms with Crippen LogP contribution in [0.15, 0.2) is 24.3 Å². The average molecular weight is 285 g/mol. The second kappa shape index (κ2) is 5.95. The van der Waals surface area contributed by atoms with Crippen LogP contribution in [0.25, 0.3) is 0 Å². The molecule has 0 radical (unpaired) electrons. The highest BCUT2D eigenvalue weighted by Crippen LogP contribution is 2.30. The lowest BCUT2D eigenvalue weighted by Crippen LogP contribution is -2.39. The molecule has 0 spiro atoms. The van der Waals surface area contributed by atoms with Crippen LogP contribution in [0.3, 0.4) is 0 Å². The number of nitrogens with zero attached hydrogens (tertiary/aromatic N) is 1. The van der Waals surface area contributed by atoms with E-state index in [0.717, 1.165) is 24.8 Å². The number of carbonyl (C=O) groups excluding carboxylic acids is 1. The van der Waals surface area contributed by atoms with Crippen molar-refractivity contribution in [2.24, 2.45) is 0 Å². The molecule has 0 unspecified atom stereocenters. The Labute approximate surface area is 116 Å². The van der Waals surface area contributed by atoms with Gasteiger partial charge in [0, 0.05) is 11.6 Å². The van der Waals surface area contributed by atoms with Crippen LogP contribution in [0.5, 0.6) is 0 Å². The van der Waals surface area contributed by atoms with Crippen LogP contribution < -0.4 is 0 Å². The summed E-state index contributed by atoms with van der Waals surface area (Å²) in [5.41, 5.74) is 1.59. The minimum atomic E-state index is -4.26. The summed E-state index contributed by atoms with van der Waals surface area (Å²) in [6, 6.07) is 6.99. The molecule has 1 aromatic carbocycles. The van der Waals surface area contributed by atoms with Gasteiger partial charge < -0.3 is 0 Å². The second-order valence-corrected chi connectivity index (χ2v) is 5.22. The average Bonchev–Trinajstić information content (AvgIpc) is 3.20. The maximum Gasteiger partial charge on any atom is 0.401 e. The summed E-state index contributed by atoms with van der Waals surface area (Å²) >= 11 is 0. The highest BCUT2D eigenvalue weighted by atomic mass is 19.4. The number of halogens is 3. The summed E-state index contributed by atoms with van der Waals surface area (Å²) in [5.74, 6) is -0.246. The van der Waals surface area contributed by atoms with Gasteiger partial charge in [-0.25, -0.2) is 0 Å². The van der Waals surface area contributed by atoms with Crippen LogP contribution in [-0.2, 0) is 6.42 Å². The number of aryl methyl sites for hydroxylation is 1. The predicted molar refractivity (Wildman–Crippen MR) is 70.8 cm³/mol. The van der Waals surface area contributed by atoms with Crippen molar-refractivity contribution in [3.8, 4) is 0 Å². The van der Waals surface area contributed by atoms with Crippen LogP contribution in [0.4, 0.5) is 13.2 Å². The third-order valence-corrected chi connectivity index (χ3v) is 3.48. The lowest BCUT2D eigenvalue weighted by molar-refractivity contribution is -0.145. The minimum absolute atomic E-state index is 0.0875. The molecule has 0 atom stereocenters. The lowest BCUT2D eigenvalue weighted by atomic mass is 10.1. The molecular weight excluding hydrogens is 267 g/mol. The number of rotatable bonds is 6. The van der Waals surface area contributed by atoms with E-state index in [1.165, 1.54) is 4.90 Å². The molecule has 0 heterocycles. The number of hydrogen-bond acceptors (Lipinski definition) is 2. The smallest absolute Gasteiger partial charge is 0.293 e. The van der Waals surface area contributed by atoms with Crippen LogP contribution in [0, 0.1) is 0 Å². The summed E-state index contributed by atoms with van der Waals surface area (Å²) in [7, 11) is 0. The quantitative estimate of drug-likeness (QED) is 0.746. The molecule has 0 bridgehead atoms. The third-order valence-electron chi connectivity index (χ3n) is 3.48. The van der Waals surface area contributed by atoms with Crippen molar-refractivity contribution >= 4 is 5.78 Å². The monoisotopic (exact) mass is 285 g/mol. The summed E-state index contributed by atoms with van der Waals surface area (Å²) in [6.45, 7) is 0.848. The highest BCUT2D eigenvalue weighted by Gasteiger charge is 2.38. The Morgan fingerprint density at radius 2 is 1.85 bits per heavy atom. The van der Waals surface area contributed by atoms with Gasteiger partial charge in [-0.15, -0.1) is 0 Å². The standard InChI is InChI=1S/C15H18F3NO/c1-2-11-3-5-12(6-4-11)14(20)9-19(13-7-8-13)10-15(16,17)18/h3-6,13H,2,7-10H2,1H3. The number of alkyl halides is 3. The van der Waals surface area contributed by atoms with Gasteiger partial charge in [0.05, 0.1) is 13.1 Å². The van der Waals surface area contributed by atoms with E-state index in [-0.39, 0.29) is 18.4 Å². The van der Waals surface area contributed by atoms with Gasteiger partial charge in [0.25, 0.3) is 0 Å². The summed E-state index contributed by atoms with van der Waals surface area (Å²) in [5, 5.41) is 0. The number of carbonyl (C=O) groups is 1. The molecule has 1 fully saturated rings. The first-order chi connectivity index (χ1) is 9.39. The van der Waals surface area contributed by atoms with Crippen molar-refractivity contribution in [2.45, 2.75) is 38.4 Å². The van der Waals surface area contributed by atoms with Crippen LogP contribution in [-0.4, -0.2) is 36.0 Å². The molecule has 0 aromatic heterocycles. The Morgan fingerprint density at radius 3 is 2.30 bits per heavy atom. The predicted octanol–water partition coefficient (Wildman–Crippen LogP) is 3.46. The molecular formula is C15H18F3NO. The van der Waals surface area contributed by atoms with Crippen molar-refractivity contribution in [1.29, 1.82) is 0 Å². The molecule has 0 aliphatic heterocycles. The first-order valence-corrected chi connectivity index (χ1v) is 6.82. The van der Waals surface area contributed by atoms with Gasteiger partial charge in [0.1, 0.15) is 0 Å². The maximum absolute atomic E-state index is 12.5. The van der Waals surface area contributed by atoms with Crippen LogP contribution in [0.1, 0.15) is 35.7 Å². The second-order valence-electron chi connectivity index (χ2n) is 5.22. The van der Waals surface area contributed by atoms with Gasteiger partial charge in [0.2, 0.25) is 0 Å². The topological polar surface area (TPSA) is 20.3 Å². The lowest BCUT2D eigenvalue weighted by Gasteiger charge is -2.22. The first-order valence-electron chi connectivity index (χ1n) is 6.82. The molecule has 0 N–H and O–H groups in total. The Balaban J connectivity index is 2.00. The Kier molecular flexibility index (Phi) is 4.48. The molecule has 1 saturated carbocycles. The fourth-order valence-electron chi connectivity index (χ4n) is 2.19. The molecule has 0 amide bonds. The minimum Gasteiger partial charge on any atom is -0.293 e. The largest absolute Gasteiger partial charge is 0.401 e. The fourth-order valence-corrected chi connectivity index (χ4v) is 2.19. The van der Waals surface area contributed by atoms with Crippen molar-refractivity contribution in [3.63, 3.8) is 0 Å². The molecule has 1 aromatic rings. The Hall–Kier alpha value is -1.36. The van der Waals surface area contributed by atoms with Crippen molar-refractivity contribution in [1.82, 2.24) is 4.90 Å². The number of ketones is 1. The number of benzene rings is 1. The van der Waals surface area contributed by atoms with E-state index >= 15 is 0 Å². The van der Waals surface area contributed by atoms with E-state index in [4.69, 9.17) is 0 Å². The zero-order valence-corrected chi connectivity index (χ0v) is 11.4. The van der Waals surface area contributed by atoms with Crippen molar-refractivity contribution in [2.75, 3.05) is 13.1 Å². The van der Waals surface area contributed by atoms with Gasteiger partial charge in [-0.05, 0) is 24.8 Å². The van der Waals surface area contributed by atoms with Gasteiger partial charge >= 0.3 is 6.18 Å². The fraction of sp³-hybridized carbons (Fsp3) is 0.533. The molecule has 5 heteroatoms. The van der Waals surface area contributed by atoms with E-state index in [9.17, 15) is 18.0 Å². The Bertz CT molecular complexity index is 463. The highest BCUT2D eigenvalue weighted by molar-refractivity contribution is 5.97. The van der Waals surface area contributed by atoms with Crippen LogP contribution >= 0.6 is 0 Å². The van der Waals surface area contributed by atoms with E-state index in [2.05, 4.69) is 0 Å². The Morgan fingerprint density at radius 1 is 1.25 bits per heavy atom. The van der Waals surface area contributed by atoms with Gasteiger partial charge in [-0.2, -0.15) is 13.2 Å². The normalized spacial score (nSPS) is 15.7. The summed E-state index contributed by atoms with van der Waals surface area (Å²) in [6.07, 6.45) is -1.89. The zero-order valence-electron chi connectivity index (χ0n) is 11.4. The summed E-state index contributed by atoms with van der Waals surface area (Å²) in [4.78, 5) is 13.3. The van der Waals surface area contributed by atoms with Gasteiger partial charge in [-0.3, -0.25) is 9.69 Å². The molecule has 20 heavy (non-hydrogen) atoms. The SMILES string of the molecule is CCc1ccc(C(=O)CN(CC(F)(F)F)C2CC2)cc1. The third kappa shape index (κ3) is 4.34. The van der Waals surface area contributed by atoms with E-state index < -0.39 is 12.7 Å². The molecule has 2 rings (SSSR count). The molecule has 110 valence electrons. The van der Waals surface area contributed by atoms with Gasteiger partial charge in [0.15, 0.2) is 5.78 Å². The maximum atomic E-state index is 12.5. The molecule has 0 saturated heterocycles. The zero-order chi connectivity index (χ0) is 14.8. The van der Waals surface area contributed by atoms with Gasteiger partial charge in [-0.1, -0.05) is 31.2 Å². The van der Waals surface area contributed by atoms with Crippen LogP contribution in [0.2, 0.25) is 0 Å². The molecule has 1 aliphatic rings. The van der Waals surface area contributed by atoms with E-state index in [1.54, 1.807) is 12.1 Å². The summed E-state index contributed by atoms with van der Waals surface area (Å²) < 4.78 is 37.5. The number of Topliss-reactive ketones (excluding diaryl/α,β-unsaturated/α-hetero) is 1. The molecule has 2 nitrogen and oxygen atoms in total. The number of hydrogen-bond donors (Lipinski definition) is 0. The van der Waals surface area contributed by atoms with Crippen molar-refractivity contribution < 1.29 is 18.0 Å². The van der Waals surface area contributed by atoms with E-state index in [1.807, 2.05) is 19.1 Å².